The number of anilines is 1. The van der Waals surface area contributed by atoms with Gasteiger partial charge in [-0.3, -0.25) is 0 Å². The summed E-state index contributed by atoms with van der Waals surface area (Å²) in [6, 6.07) is 4.86. The lowest BCUT2D eigenvalue weighted by Crippen LogP contribution is -2.34. The number of nitrogens with zero attached hydrogens (tertiary/aromatic N) is 2. The number of carboxylic acid groups (broad SMARTS) is 1. The first kappa shape index (κ1) is 14.4. The van der Waals surface area contributed by atoms with Crippen LogP contribution in [0.1, 0.15) is 34.6 Å². The van der Waals surface area contributed by atoms with E-state index in [9.17, 15) is 13.6 Å². The lowest BCUT2D eigenvalue weighted by molar-refractivity contribution is 0.0690. The molecule has 2 aromatic rings. The van der Waals surface area contributed by atoms with E-state index in [1.54, 1.807) is 6.07 Å². The van der Waals surface area contributed by atoms with E-state index in [2.05, 4.69) is 4.98 Å². The number of fused-ring (bicyclic) bond motifs is 1. The number of aromatic nitrogens is 1. The van der Waals surface area contributed by atoms with E-state index >= 15 is 0 Å². The summed E-state index contributed by atoms with van der Waals surface area (Å²) in [5, 5.41) is 8.99. The van der Waals surface area contributed by atoms with Crippen LogP contribution in [0, 0.1) is 11.6 Å². The fraction of sp³-hybridized carbons (Fsp3) is 0.250. The fourth-order valence-electron chi connectivity index (χ4n) is 2.88. The van der Waals surface area contributed by atoms with E-state index in [1.165, 1.54) is 18.3 Å². The molecule has 2 heterocycles. The van der Waals surface area contributed by atoms with E-state index < -0.39 is 17.6 Å². The van der Waals surface area contributed by atoms with Crippen LogP contribution in [0.4, 0.5) is 14.5 Å². The average Bonchev–Trinajstić information content (AvgIpc) is 2.46. The molecule has 0 unspecified atom stereocenters. The molecule has 3 rings (SSSR count). The fourth-order valence-corrected chi connectivity index (χ4v) is 2.88. The number of rotatable bonds is 2. The molecule has 0 spiro atoms. The quantitative estimate of drug-likeness (QED) is 0.926. The summed E-state index contributed by atoms with van der Waals surface area (Å²) < 4.78 is 26.8. The number of halogens is 2. The van der Waals surface area contributed by atoms with Crippen LogP contribution in [0.3, 0.4) is 0 Å². The Labute approximate surface area is 126 Å². The molecule has 0 bridgehead atoms. The summed E-state index contributed by atoms with van der Waals surface area (Å²) in [6.07, 6.45) is 2.13. The highest BCUT2D eigenvalue weighted by molar-refractivity contribution is 5.85. The van der Waals surface area contributed by atoms with Gasteiger partial charge in [-0.1, -0.05) is 0 Å². The number of hydrogen-bond donors (Lipinski definition) is 1. The number of aromatic carboxylic acids is 1. The molecular formula is C16H14F2N2O2. The smallest absolute Gasteiger partial charge is 0.354 e. The second-order valence-electron chi connectivity index (χ2n) is 5.32. The molecule has 0 radical (unpaired) electrons. The maximum Gasteiger partial charge on any atom is 0.354 e. The zero-order chi connectivity index (χ0) is 15.9. The van der Waals surface area contributed by atoms with E-state index in [0.717, 1.165) is 17.2 Å². The average molecular weight is 304 g/mol. The molecule has 1 aromatic carbocycles. The van der Waals surface area contributed by atoms with E-state index in [1.807, 2.05) is 11.8 Å². The molecule has 1 aliphatic rings. The number of carboxylic acids is 1. The van der Waals surface area contributed by atoms with Gasteiger partial charge in [-0.25, -0.2) is 18.6 Å². The van der Waals surface area contributed by atoms with Gasteiger partial charge in [0.1, 0.15) is 17.3 Å². The van der Waals surface area contributed by atoms with Crippen molar-refractivity contribution < 1.29 is 18.7 Å². The summed E-state index contributed by atoms with van der Waals surface area (Å²) in [7, 11) is 0. The second kappa shape index (κ2) is 5.36. The summed E-state index contributed by atoms with van der Waals surface area (Å²) >= 11 is 0. The zero-order valence-electron chi connectivity index (χ0n) is 11.9. The standard InChI is InChI=1S/C16H14F2N2O2/c1-9-14-8-19-15(16(21)22)4-10(14)2-3-20(9)13-6-11(17)5-12(18)7-13/h4-9H,2-3H2,1H3,(H,21,22)/t9-/m1/s1. The van der Waals surface area contributed by atoms with Crippen molar-refractivity contribution in [3.8, 4) is 0 Å². The van der Waals surface area contributed by atoms with Gasteiger partial charge < -0.3 is 10.0 Å². The molecule has 0 amide bonds. The van der Waals surface area contributed by atoms with Gasteiger partial charge in [0.25, 0.3) is 0 Å². The first-order valence-corrected chi connectivity index (χ1v) is 6.90. The molecule has 6 heteroatoms. The molecular weight excluding hydrogens is 290 g/mol. The van der Waals surface area contributed by atoms with Crippen LogP contribution >= 0.6 is 0 Å². The first-order chi connectivity index (χ1) is 10.5. The Morgan fingerprint density at radius 3 is 2.59 bits per heavy atom. The van der Waals surface area contributed by atoms with Gasteiger partial charge in [-0.15, -0.1) is 0 Å². The monoisotopic (exact) mass is 304 g/mol. The SMILES string of the molecule is C[C@@H]1c2cnc(C(=O)O)cc2CCN1c1cc(F)cc(F)c1. The molecule has 22 heavy (non-hydrogen) atoms. The Morgan fingerprint density at radius 1 is 1.27 bits per heavy atom. The number of carbonyl (C=O) groups is 1. The number of hydrogen-bond acceptors (Lipinski definition) is 3. The maximum atomic E-state index is 13.4. The predicted molar refractivity (Wildman–Crippen MR) is 77.0 cm³/mol. The van der Waals surface area contributed by atoms with E-state index in [-0.39, 0.29) is 11.7 Å². The summed E-state index contributed by atoms with van der Waals surface area (Å²) in [5.41, 5.74) is 2.27. The Morgan fingerprint density at radius 2 is 1.95 bits per heavy atom. The Bertz CT molecular complexity index is 729. The van der Waals surface area contributed by atoms with Crippen LogP contribution in [0.2, 0.25) is 0 Å². The molecule has 0 saturated carbocycles. The van der Waals surface area contributed by atoms with Crippen molar-refractivity contribution in [1.82, 2.24) is 4.98 Å². The topological polar surface area (TPSA) is 53.4 Å². The lowest BCUT2D eigenvalue weighted by Gasteiger charge is -2.37. The number of pyridine rings is 1. The summed E-state index contributed by atoms with van der Waals surface area (Å²) in [4.78, 5) is 16.8. The third-order valence-corrected chi connectivity index (χ3v) is 3.96. The largest absolute Gasteiger partial charge is 0.477 e. The van der Waals surface area contributed by atoms with Crippen LogP contribution < -0.4 is 4.90 Å². The van der Waals surface area contributed by atoms with E-state index in [0.29, 0.717) is 18.7 Å². The third-order valence-electron chi connectivity index (χ3n) is 3.96. The van der Waals surface area contributed by atoms with Crippen molar-refractivity contribution in [2.75, 3.05) is 11.4 Å². The van der Waals surface area contributed by atoms with Crippen LogP contribution in [-0.4, -0.2) is 22.6 Å². The summed E-state index contributed by atoms with van der Waals surface area (Å²) in [6.45, 7) is 2.46. The van der Waals surface area contributed by atoms with Gasteiger partial charge in [0, 0.05) is 24.5 Å². The molecule has 4 nitrogen and oxygen atoms in total. The molecule has 1 atom stereocenters. The molecule has 0 saturated heterocycles. The Hall–Kier alpha value is -2.50. The van der Waals surface area contributed by atoms with Gasteiger partial charge >= 0.3 is 5.97 Å². The van der Waals surface area contributed by atoms with Gasteiger partial charge in [0.15, 0.2) is 0 Å². The van der Waals surface area contributed by atoms with Crippen LogP contribution in [-0.2, 0) is 6.42 Å². The van der Waals surface area contributed by atoms with Crippen LogP contribution in [0.5, 0.6) is 0 Å². The van der Waals surface area contributed by atoms with Crippen LogP contribution in [0.15, 0.2) is 30.5 Å². The van der Waals surface area contributed by atoms with Crippen molar-refractivity contribution in [1.29, 1.82) is 0 Å². The molecule has 114 valence electrons. The van der Waals surface area contributed by atoms with Crippen molar-refractivity contribution in [2.45, 2.75) is 19.4 Å². The highest BCUT2D eigenvalue weighted by atomic mass is 19.1. The third kappa shape index (κ3) is 2.52. The van der Waals surface area contributed by atoms with Crippen molar-refractivity contribution >= 4 is 11.7 Å². The lowest BCUT2D eigenvalue weighted by atomic mass is 9.94. The van der Waals surface area contributed by atoms with Crippen molar-refractivity contribution in [3.63, 3.8) is 0 Å². The molecule has 0 fully saturated rings. The van der Waals surface area contributed by atoms with Gasteiger partial charge in [0.05, 0.1) is 6.04 Å². The highest BCUT2D eigenvalue weighted by Crippen LogP contribution is 2.33. The van der Waals surface area contributed by atoms with Gasteiger partial charge in [0.2, 0.25) is 0 Å². The maximum absolute atomic E-state index is 13.4. The minimum absolute atomic E-state index is 0.0104. The number of benzene rings is 1. The molecule has 1 aromatic heterocycles. The normalized spacial score (nSPS) is 17.2. The Balaban J connectivity index is 1.97. The van der Waals surface area contributed by atoms with Crippen molar-refractivity contribution in [3.05, 3.63) is 58.9 Å². The summed E-state index contributed by atoms with van der Waals surface area (Å²) in [5.74, 6) is -2.30. The molecule has 1 aliphatic heterocycles. The zero-order valence-corrected chi connectivity index (χ0v) is 11.9. The van der Waals surface area contributed by atoms with Crippen LogP contribution in [0.25, 0.3) is 0 Å². The minimum atomic E-state index is -1.06. The molecule has 1 N–H and O–H groups in total. The predicted octanol–water partition coefficient (Wildman–Crippen LogP) is 3.18. The van der Waals surface area contributed by atoms with Gasteiger partial charge in [-0.05, 0) is 42.7 Å². The van der Waals surface area contributed by atoms with Gasteiger partial charge in [-0.2, -0.15) is 0 Å². The first-order valence-electron chi connectivity index (χ1n) is 6.90. The highest BCUT2D eigenvalue weighted by Gasteiger charge is 2.26. The Kier molecular flexibility index (Phi) is 3.52. The molecule has 0 aliphatic carbocycles. The van der Waals surface area contributed by atoms with E-state index in [4.69, 9.17) is 5.11 Å². The van der Waals surface area contributed by atoms with Crippen molar-refractivity contribution in [2.24, 2.45) is 0 Å². The second-order valence-corrected chi connectivity index (χ2v) is 5.32. The minimum Gasteiger partial charge on any atom is -0.477 e.